The van der Waals surface area contributed by atoms with Gasteiger partial charge in [-0.15, -0.1) is 0 Å². The first-order chi connectivity index (χ1) is 6.74. The highest BCUT2D eigenvalue weighted by Crippen LogP contribution is 2.22. The fourth-order valence-corrected chi connectivity index (χ4v) is 1.32. The van der Waals surface area contributed by atoms with Gasteiger partial charge in [0, 0.05) is 0 Å². The molecule has 0 radical (unpaired) electrons. The second-order valence-corrected chi connectivity index (χ2v) is 2.82. The molecule has 0 atom stereocenters. The van der Waals surface area contributed by atoms with E-state index in [1.165, 1.54) is 13.4 Å². The molecule has 3 N–H and O–H groups in total. The summed E-state index contributed by atoms with van der Waals surface area (Å²) in [6, 6.07) is 3.35. The molecule has 72 valence electrons. The molecular formula is C9H9N3O2. The first kappa shape index (κ1) is 8.55. The number of rotatable bonds is 1. The lowest BCUT2D eigenvalue weighted by Gasteiger charge is -2.03. The highest BCUT2D eigenvalue weighted by molar-refractivity contribution is 6.03. The average molecular weight is 191 g/mol. The number of nitrogens with two attached hydrogens (primary N) is 1. The Kier molecular flexibility index (Phi) is 1.85. The van der Waals surface area contributed by atoms with E-state index in [-0.39, 0.29) is 0 Å². The summed E-state index contributed by atoms with van der Waals surface area (Å²) in [6.45, 7) is 0. The van der Waals surface area contributed by atoms with Gasteiger partial charge in [0.05, 0.1) is 30.2 Å². The molecule has 0 spiro atoms. The number of aromatic amines is 1. The van der Waals surface area contributed by atoms with Crippen molar-refractivity contribution in [2.75, 3.05) is 12.8 Å². The first-order valence-electron chi connectivity index (χ1n) is 4.04. The number of imidazole rings is 1. The largest absolute Gasteiger partial charge is 0.465 e. The van der Waals surface area contributed by atoms with Gasteiger partial charge in [-0.25, -0.2) is 9.78 Å². The Morgan fingerprint density at radius 1 is 1.57 bits per heavy atom. The fraction of sp³-hybridized carbons (Fsp3) is 0.111. The van der Waals surface area contributed by atoms with Crippen LogP contribution in [0.4, 0.5) is 5.69 Å². The summed E-state index contributed by atoms with van der Waals surface area (Å²) in [7, 11) is 1.32. The van der Waals surface area contributed by atoms with Crippen molar-refractivity contribution in [2.24, 2.45) is 0 Å². The number of carbonyl (C=O) groups is 1. The average Bonchev–Trinajstić information content (AvgIpc) is 2.66. The maximum absolute atomic E-state index is 11.3. The molecule has 0 aliphatic rings. The van der Waals surface area contributed by atoms with Gasteiger partial charge in [0.25, 0.3) is 0 Å². The highest BCUT2D eigenvalue weighted by atomic mass is 16.5. The number of H-pyrrole nitrogens is 1. The van der Waals surface area contributed by atoms with E-state index < -0.39 is 5.97 Å². The number of nitrogen functional groups attached to an aromatic ring is 1. The molecule has 1 aromatic heterocycles. The number of esters is 1. The van der Waals surface area contributed by atoms with Crippen LogP contribution < -0.4 is 5.73 Å². The lowest BCUT2D eigenvalue weighted by molar-refractivity contribution is 0.0602. The summed E-state index contributed by atoms with van der Waals surface area (Å²) in [5.41, 5.74) is 7.83. The highest BCUT2D eigenvalue weighted by Gasteiger charge is 2.13. The maximum Gasteiger partial charge on any atom is 0.340 e. The normalized spacial score (nSPS) is 10.4. The number of aromatic nitrogens is 2. The quantitative estimate of drug-likeness (QED) is 0.519. The smallest absolute Gasteiger partial charge is 0.340 e. The van der Waals surface area contributed by atoms with Gasteiger partial charge in [-0.1, -0.05) is 0 Å². The van der Waals surface area contributed by atoms with Gasteiger partial charge in [-0.3, -0.25) is 0 Å². The standard InChI is InChI=1S/C9H9N3O2/c1-14-9(13)5-2-3-6-8(7(5)10)12-4-11-6/h2-4H,10H2,1H3,(H,11,12). The van der Waals surface area contributed by atoms with Crippen molar-refractivity contribution in [1.29, 1.82) is 0 Å². The Morgan fingerprint density at radius 3 is 3.07 bits per heavy atom. The minimum Gasteiger partial charge on any atom is -0.465 e. The number of ether oxygens (including phenoxy) is 1. The molecule has 0 aliphatic heterocycles. The van der Waals surface area contributed by atoms with E-state index in [9.17, 15) is 4.79 Å². The number of methoxy groups -OCH3 is 1. The van der Waals surface area contributed by atoms with E-state index in [2.05, 4.69) is 14.7 Å². The molecule has 0 saturated carbocycles. The minimum absolute atomic E-state index is 0.340. The zero-order valence-corrected chi connectivity index (χ0v) is 7.57. The van der Waals surface area contributed by atoms with Gasteiger partial charge in [0.15, 0.2) is 0 Å². The summed E-state index contributed by atoms with van der Waals surface area (Å²) >= 11 is 0. The number of carbonyl (C=O) groups excluding carboxylic acids is 1. The predicted octanol–water partition coefficient (Wildman–Crippen LogP) is 0.932. The SMILES string of the molecule is COC(=O)c1ccc2[nH]cnc2c1N. The summed E-state index contributed by atoms with van der Waals surface area (Å²) in [6.07, 6.45) is 1.53. The molecular weight excluding hydrogens is 182 g/mol. The molecule has 1 heterocycles. The van der Waals surface area contributed by atoms with Crippen LogP contribution in [0.3, 0.4) is 0 Å². The van der Waals surface area contributed by atoms with Crippen molar-refractivity contribution in [3.63, 3.8) is 0 Å². The molecule has 0 fully saturated rings. The summed E-state index contributed by atoms with van der Waals surface area (Å²) in [4.78, 5) is 18.2. The van der Waals surface area contributed by atoms with E-state index in [4.69, 9.17) is 5.73 Å². The van der Waals surface area contributed by atoms with Crippen LogP contribution in [0.1, 0.15) is 10.4 Å². The second-order valence-electron chi connectivity index (χ2n) is 2.82. The van der Waals surface area contributed by atoms with E-state index >= 15 is 0 Å². The van der Waals surface area contributed by atoms with Crippen LogP contribution in [0, 0.1) is 0 Å². The second kappa shape index (κ2) is 3.02. The van der Waals surface area contributed by atoms with Gasteiger partial charge >= 0.3 is 5.97 Å². The minimum atomic E-state index is -0.451. The summed E-state index contributed by atoms with van der Waals surface area (Å²) in [5.74, 6) is -0.451. The number of hydrogen-bond donors (Lipinski definition) is 2. The Bertz CT molecular complexity index is 490. The van der Waals surface area contributed by atoms with E-state index in [1.807, 2.05) is 0 Å². The fourth-order valence-electron chi connectivity index (χ4n) is 1.32. The van der Waals surface area contributed by atoms with E-state index in [0.29, 0.717) is 16.8 Å². The van der Waals surface area contributed by atoms with Gasteiger partial charge in [0.2, 0.25) is 0 Å². The van der Waals surface area contributed by atoms with Crippen LogP contribution in [-0.4, -0.2) is 23.0 Å². The van der Waals surface area contributed by atoms with Crippen molar-refractivity contribution in [3.05, 3.63) is 24.0 Å². The number of nitrogens with zero attached hydrogens (tertiary/aromatic N) is 1. The number of benzene rings is 1. The van der Waals surface area contributed by atoms with Crippen molar-refractivity contribution < 1.29 is 9.53 Å². The third-order valence-corrected chi connectivity index (χ3v) is 2.04. The first-order valence-corrected chi connectivity index (χ1v) is 4.04. The van der Waals surface area contributed by atoms with E-state index in [1.54, 1.807) is 12.1 Å². The zero-order valence-electron chi connectivity index (χ0n) is 7.57. The third kappa shape index (κ3) is 1.10. The Balaban J connectivity index is 2.67. The number of hydrogen-bond acceptors (Lipinski definition) is 4. The van der Waals surface area contributed by atoms with Crippen LogP contribution in [0.25, 0.3) is 11.0 Å². The molecule has 2 aromatic rings. The third-order valence-electron chi connectivity index (χ3n) is 2.04. The van der Waals surface area contributed by atoms with Gasteiger partial charge in [-0.2, -0.15) is 0 Å². The van der Waals surface area contributed by atoms with Crippen LogP contribution in [0.5, 0.6) is 0 Å². The van der Waals surface area contributed by atoms with Crippen LogP contribution >= 0.6 is 0 Å². The topological polar surface area (TPSA) is 81.0 Å². The Morgan fingerprint density at radius 2 is 2.36 bits per heavy atom. The molecule has 0 aliphatic carbocycles. The number of nitrogens with one attached hydrogen (secondary N) is 1. The van der Waals surface area contributed by atoms with Crippen LogP contribution in [0.2, 0.25) is 0 Å². The molecule has 14 heavy (non-hydrogen) atoms. The molecule has 0 saturated heterocycles. The van der Waals surface area contributed by atoms with Crippen molar-refractivity contribution in [1.82, 2.24) is 9.97 Å². The Hall–Kier alpha value is -2.04. The summed E-state index contributed by atoms with van der Waals surface area (Å²) < 4.78 is 4.59. The molecule has 0 unspecified atom stereocenters. The molecule has 0 amide bonds. The van der Waals surface area contributed by atoms with Gasteiger partial charge < -0.3 is 15.5 Å². The monoisotopic (exact) mass is 191 g/mol. The van der Waals surface area contributed by atoms with Gasteiger partial charge in [-0.05, 0) is 12.1 Å². The van der Waals surface area contributed by atoms with Crippen LogP contribution in [-0.2, 0) is 4.74 Å². The molecule has 5 heteroatoms. The molecule has 1 aromatic carbocycles. The molecule has 2 rings (SSSR count). The molecule has 5 nitrogen and oxygen atoms in total. The lowest BCUT2D eigenvalue weighted by Crippen LogP contribution is -2.05. The number of fused-ring (bicyclic) bond motifs is 1. The van der Waals surface area contributed by atoms with Crippen LogP contribution in [0.15, 0.2) is 18.5 Å². The lowest BCUT2D eigenvalue weighted by atomic mass is 10.1. The molecule has 0 bridgehead atoms. The van der Waals surface area contributed by atoms with Crippen molar-refractivity contribution in [3.8, 4) is 0 Å². The van der Waals surface area contributed by atoms with E-state index in [0.717, 1.165) is 5.52 Å². The van der Waals surface area contributed by atoms with Crippen molar-refractivity contribution in [2.45, 2.75) is 0 Å². The number of anilines is 1. The Labute approximate surface area is 79.9 Å². The van der Waals surface area contributed by atoms with Gasteiger partial charge in [0.1, 0.15) is 5.52 Å². The zero-order chi connectivity index (χ0) is 10.1. The predicted molar refractivity (Wildman–Crippen MR) is 51.8 cm³/mol. The van der Waals surface area contributed by atoms with Crippen molar-refractivity contribution >= 4 is 22.7 Å². The summed E-state index contributed by atoms with van der Waals surface area (Å²) in [5, 5.41) is 0. The maximum atomic E-state index is 11.3.